The van der Waals surface area contributed by atoms with Crippen LogP contribution in [0.5, 0.6) is 0 Å². The molecule has 254 valence electrons. The number of hydrogen-bond donors (Lipinski definition) is 4. The molecule has 0 aliphatic rings. The zero-order valence-corrected chi connectivity index (χ0v) is 27.8. The van der Waals surface area contributed by atoms with Crippen molar-refractivity contribution in [2.75, 3.05) is 6.61 Å². The van der Waals surface area contributed by atoms with E-state index in [2.05, 4.69) is 26.0 Å². The summed E-state index contributed by atoms with van der Waals surface area (Å²) in [6, 6.07) is 6.40. The third-order valence-corrected chi connectivity index (χ3v) is 7.50. The van der Waals surface area contributed by atoms with Gasteiger partial charge in [-0.3, -0.25) is 14.4 Å². The number of carboxylic acid groups (broad SMARTS) is 1. The molecule has 2 atom stereocenters. The molecule has 0 saturated carbocycles. The van der Waals surface area contributed by atoms with Crippen LogP contribution < -0.4 is 16.0 Å². The fourth-order valence-corrected chi connectivity index (χ4v) is 4.75. The first-order valence-electron chi connectivity index (χ1n) is 15.7. The molecule has 3 amide bonds. The van der Waals surface area contributed by atoms with E-state index in [4.69, 9.17) is 9.15 Å². The van der Waals surface area contributed by atoms with Gasteiger partial charge in [0.25, 0.3) is 11.8 Å². The summed E-state index contributed by atoms with van der Waals surface area (Å²) in [5, 5.41) is 22.1. The van der Waals surface area contributed by atoms with Crippen LogP contribution in [0.1, 0.15) is 82.4 Å². The van der Waals surface area contributed by atoms with Crippen LogP contribution in [0.25, 0.3) is 22.7 Å². The molecule has 3 rings (SSSR count). The number of hydrogen-bond acceptors (Lipinski definition) is 9. The Morgan fingerprint density at radius 1 is 0.894 bits per heavy atom. The largest absolute Gasteiger partial charge is 0.480 e. The van der Waals surface area contributed by atoms with E-state index in [1.165, 1.54) is 10.9 Å². The maximum absolute atomic E-state index is 13.4. The lowest BCUT2D eigenvalue weighted by atomic mass is 10.0. The number of oxazole rings is 1. The van der Waals surface area contributed by atoms with Crippen LogP contribution in [0, 0.1) is 11.8 Å². The number of benzene rings is 1. The number of carbonyl (C=O) groups excluding carboxylic acids is 4. The minimum atomic E-state index is -1.16. The van der Waals surface area contributed by atoms with Gasteiger partial charge in [-0.15, -0.1) is 0 Å². The average molecular weight is 653 g/mol. The van der Waals surface area contributed by atoms with Gasteiger partial charge in [-0.25, -0.2) is 19.3 Å². The highest BCUT2D eigenvalue weighted by molar-refractivity contribution is 5.95. The highest BCUT2D eigenvalue weighted by Gasteiger charge is 2.28. The molecule has 2 heterocycles. The first kappa shape index (κ1) is 36.5. The van der Waals surface area contributed by atoms with Crippen molar-refractivity contribution in [3.63, 3.8) is 0 Å². The fraction of sp³-hybridized carbons (Fsp3) is 0.485. The van der Waals surface area contributed by atoms with Crippen molar-refractivity contribution < 1.29 is 38.2 Å². The van der Waals surface area contributed by atoms with Crippen molar-refractivity contribution in [3.05, 3.63) is 48.0 Å². The first-order chi connectivity index (χ1) is 22.3. The van der Waals surface area contributed by atoms with Crippen LogP contribution in [0.3, 0.4) is 0 Å². The smallest absolute Gasteiger partial charge is 0.328 e. The number of aliphatic carboxylic acids is 1. The Labute approximate surface area is 273 Å². The maximum atomic E-state index is 13.4. The number of esters is 1. The minimum absolute atomic E-state index is 0.0803. The lowest BCUT2D eigenvalue weighted by Crippen LogP contribution is -2.46. The normalized spacial score (nSPS) is 12.6. The molecule has 0 unspecified atom stereocenters. The van der Waals surface area contributed by atoms with Crippen LogP contribution in [-0.2, 0) is 25.7 Å². The molecule has 0 fully saturated rings. The summed E-state index contributed by atoms with van der Waals surface area (Å²) >= 11 is 0. The maximum Gasteiger partial charge on any atom is 0.328 e. The highest BCUT2D eigenvalue weighted by atomic mass is 16.5. The molecule has 0 saturated heterocycles. The molecule has 3 aromatic rings. The standard InChI is InChI=1S/C33H44N6O8/c1-8-22(9-2)35-29(41)24-15-23(38-39(24)17-26(40)36-28(19(6)7)33(45)46-10-3)20-12-11-13-21(14-20)31-34-16-25(47-31)30(42)37-27(18(4)5)32(43)44/h11-16,18-19,22,27-28H,8-10,17H2,1-7H3,(H,35,41)(H,36,40)(H,37,42)(H,43,44)/t27-,28-/m0/s1. The number of carboxylic acids is 1. The topological polar surface area (TPSA) is 195 Å². The number of ether oxygens (including phenoxy) is 1. The molecule has 0 aliphatic carbocycles. The Kier molecular flexibility index (Phi) is 12.8. The monoisotopic (exact) mass is 652 g/mol. The van der Waals surface area contributed by atoms with Gasteiger partial charge in [0.15, 0.2) is 0 Å². The summed E-state index contributed by atoms with van der Waals surface area (Å²) in [6.07, 6.45) is 2.64. The van der Waals surface area contributed by atoms with Crippen molar-refractivity contribution in [1.82, 2.24) is 30.7 Å². The van der Waals surface area contributed by atoms with E-state index < -0.39 is 41.7 Å². The molecule has 14 heteroatoms. The molecule has 1 aromatic carbocycles. The van der Waals surface area contributed by atoms with Gasteiger partial charge in [-0.1, -0.05) is 53.7 Å². The Morgan fingerprint density at radius 2 is 1.55 bits per heavy atom. The van der Waals surface area contributed by atoms with Gasteiger partial charge in [0, 0.05) is 17.2 Å². The second-order valence-corrected chi connectivity index (χ2v) is 11.7. The number of nitrogens with zero attached hydrogens (tertiary/aromatic N) is 3. The van der Waals surface area contributed by atoms with E-state index in [0.717, 1.165) is 0 Å². The van der Waals surface area contributed by atoms with Crippen LogP contribution in [0.4, 0.5) is 0 Å². The van der Waals surface area contributed by atoms with Gasteiger partial charge < -0.3 is 30.2 Å². The number of carbonyl (C=O) groups is 5. The molecule has 2 aromatic heterocycles. The van der Waals surface area contributed by atoms with Gasteiger partial charge in [0.2, 0.25) is 17.6 Å². The summed E-state index contributed by atoms with van der Waals surface area (Å²) in [7, 11) is 0. The van der Waals surface area contributed by atoms with Gasteiger partial charge in [-0.05, 0) is 49.8 Å². The third-order valence-electron chi connectivity index (χ3n) is 7.50. The van der Waals surface area contributed by atoms with E-state index in [0.29, 0.717) is 29.7 Å². The summed E-state index contributed by atoms with van der Waals surface area (Å²) in [5.74, 6) is -3.98. The molecule has 0 aliphatic heterocycles. The van der Waals surface area contributed by atoms with Crippen LogP contribution in [0.2, 0.25) is 0 Å². The number of rotatable bonds is 16. The molecule has 0 spiro atoms. The molecular formula is C33H44N6O8. The van der Waals surface area contributed by atoms with Crippen molar-refractivity contribution in [3.8, 4) is 22.7 Å². The molecular weight excluding hydrogens is 608 g/mol. The summed E-state index contributed by atoms with van der Waals surface area (Å²) < 4.78 is 12.1. The van der Waals surface area contributed by atoms with E-state index in [1.807, 2.05) is 13.8 Å². The van der Waals surface area contributed by atoms with Gasteiger partial charge in [0.1, 0.15) is 24.3 Å². The van der Waals surface area contributed by atoms with Gasteiger partial charge in [-0.2, -0.15) is 5.10 Å². The summed E-state index contributed by atoms with van der Waals surface area (Å²) in [5.41, 5.74) is 1.59. The van der Waals surface area contributed by atoms with Crippen molar-refractivity contribution >= 4 is 29.7 Å². The van der Waals surface area contributed by atoms with Gasteiger partial charge in [0.05, 0.1) is 18.5 Å². The van der Waals surface area contributed by atoms with E-state index in [1.54, 1.807) is 65.0 Å². The second-order valence-electron chi connectivity index (χ2n) is 11.7. The predicted molar refractivity (Wildman–Crippen MR) is 172 cm³/mol. The quantitative estimate of drug-likeness (QED) is 0.166. The Hall–Kier alpha value is -5.01. The fourth-order valence-electron chi connectivity index (χ4n) is 4.75. The van der Waals surface area contributed by atoms with E-state index >= 15 is 0 Å². The SMILES string of the molecule is CCOC(=O)[C@@H](NC(=O)Cn1nc(-c2cccc(-c3ncc(C(=O)N[C@H](C(=O)O)C(C)C)o3)c2)cc1C(=O)NC(CC)CC)C(C)C. The van der Waals surface area contributed by atoms with Crippen molar-refractivity contribution in [1.29, 1.82) is 0 Å². The molecule has 0 bridgehead atoms. The predicted octanol–water partition coefficient (Wildman–Crippen LogP) is 3.67. The molecule has 14 nitrogen and oxygen atoms in total. The Bertz CT molecular complexity index is 1570. The molecule has 0 radical (unpaired) electrons. The number of aromatic nitrogens is 3. The average Bonchev–Trinajstić information content (AvgIpc) is 3.69. The zero-order valence-electron chi connectivity index (χ0n) is 27.8. The lowest BCUT2D eigenvalue weighted by Gasteiger charge is -2.21. The van der Waals surface area contributed by atoms with E-state index in [9.17, 15) is 29.1 Å². The Balaban J connectivity index is 1.92. The lowest BCUT2D eigenvalue weighted by molar-refractivity contribution is -0.148. The summed E-state index contributed by atoms with van der Waals surface area (Å²) in [4.78, 5) is 67.3. The minimum Gasteiger partial charge on any atom is -0.480 e. The molecule has 4 N–H and O–H groups in total. The van der Waals surface area contributed by atoms with Crippen LogP contribution in [0.15, 0.2) is 40.9 Å². The molecule has 47 heavy (non-hydrogen) atoms. The highest BCUT2D eigenvalue weighted by Crippen LogP contribution is 2.27. The third kappa shape index (κ3) is 9.50. The van der Waals surface area contributed by atoms with E-state index in [-0.39, 0.29) is 48.4 Å². The Morgan fingerprint density at radius 3 is 2.15 bits per heavy atom. The number of nitrogens with one attached hydrogen (secondary N) is 3. The van der Waals surface area contributed by atoms with Crippen LogP contribution in [-0.4, -0.2) is 74.3 Å². The summed E-state index contributed by atoms with van der Waals surface area (Å²) in [6.45, 7) is 12.4. The first-order valence-corrected chi connectivity index (χ1v) is 15.7. The number of amides is 3. The zero-order chi connectivity index (χ0) is 34.8. The van der Waals surface area contributed by atoms with Crippen molar-refractivity contribution in [2.45, 2.75) is 86.0 Å². The second kappa shape index (κ2) is 16.5. The van der Waals surface area contributed by atoms with Crippen LogP contribution >= 0.6 is 0 Å². The van der Waals surface area contributed by atoms with Crippen molar-refractivity contribution in [2.24, 2.45) is 11.8 Å². The van der Waals surface area contributed by atoms with Gasteiger partial charge >= 0.3 is 11.9 Å².